The van der Waals surface area contributed by atoms with Crippen molar-refractivity contribution in [1.29, 1.82) is 0 Å². The SMILES string of the molecule is CC(=Cc1coc(C)n1)C1CC2OC2(C)CCCC(C)[C@H](O)[C@@H](C)C(=O)C(C)(C)[C@@H](O)CC(=O)O1. The molecule has 3 rings (SSSR count). The van der Waals surface area contributed by atoms with Crippen LogP contribution < -0.4 is 0 Å². The highest BCUT2D eigenvalue weighted by molar-refractivity contribution is 5.88. The number of ether oxygens (including phenoxy) is 2. The maximum Gasteiger partial charge on any atom is 0.309 e. The Labute approximate surface area is 208 Å². The first kappa shape index (κ1) is 27.6. The lowest BCUT2D eigenvalue weighted by atomic mass is 9.73. The van der Waals surface area contributed by atoms with Gasteiger partial charge in [-0.2, -0.15) is 0 Å². The summed E-state index contributed by atoms with van der Waals surface area (Å²) in [5.74, 6) is -1.06. The van der Waals surface area contributed by atoms with Gasteiger partial charge in [0.1, 0.15) is 23.8 Å². The lowest BCUT2D eigenvalue weighted by Gasteiger charge is -2.34. The third-order valence-corrected chi connectivity index (χ3v) is 7.93. The van der Waals surface area contributed by atoms with E-state index in [9.17, 15) is 19.8 Å². The van der Waals surface area contributed by atoms with Crippen LogP contribution in [0.15, 0.2) is 16.3 Å². The topological polar surface area (TPSA) is 122 Å². The molecule has 0 spiro atoms. The number of carbonyl (C=O) groups is 2. The van der Waals surface area contributed by atoms with E-state index >= 15 is 0 Å². The number of nitrogens with zero attached hydrogens (tertiary/aromatic N) is 1. The smallest absolute Gasteiger partial charge is 0.309 e. The Morgan fingerprint density at radius 1 is 1.20 bits per heavy atom. The first-order valence-corrected chi connectivity index (χ1v) is 12.6. The molecule has 0 radical (unpaired) electrons. The van der Waals surface area contributed by atoms with Crippen LogP contribution in [0, 0.1) is 24.2 Å². The summed E-state index contributed by atoms with van der Waals surface area (Å²) in [7, 11) is 0. The number of aliphatic hydroxyl groups is 2. The zero-order valence-corrected chi connectivity index (χ0v) is 22.0. The van der Waals surface area contributed by atoms with Crippen LogP contribution >= 0.6 is 0 Å². The first-order valence-electron chi connectivity index (χ1n) is 12.6. The number of esters is 1. The van der Waals surface area contributed by atoms with Crippen LogP contribution in [-0.2, 0) is 19.1 Å². The minimum atomic E-state index is -1.24. The van der Waals surface area contributed by atoms with Crippen molar-refractivity contribution in [2.24, 2.45) is 17.3 Å². The summed E-state index contributed by atoms with van der Waals surface area (Å²) in [6.07, 6.45) is 3.23. The van der Waals surface area contributed by atoms with Crippen molar-refractivity contribution in [3.63, 3.8) is 0 Å². The molecule has 0 saturated carbocycles. The van der Waals surface area contributed by atoms with Crippen LogP contribution in [-0.4, -0.2) is 57.0 Å². The van der Waals surface area contributed by atoms with Crippen molar-refractivity contribution in [2.75, 3.05) is 0 Å². The van der Waals surface area contributed by atoms with E-state index in [0.717, 1.165) is 24.8 Å². The first-order chi connectivity index (χ1) is 16.2. The average molecular weight is 492 g/mol. The van der Waals surface area contributed by atoms with Gasteiger partial charge in [0.15, 0.2) is 5.89 Å². The molecule has 0 amide bonds. The number of fused-ring (bicyclic) bond motifs is 1. The van der Waals surface area contributed by atoms with Crippen LogP contribution in [0.2, 0.25) is 0 Å². The van der Waals surface area contributed by atoms with Gasteiger partial charge in [-0.1, -0.05) is 34.1 Å². The fourth-order valence-corrected chi connectivity index (χ4v) is 5.07. The Kier molecular flexibility index (Phi) is 8.29. The second-order valence-corrected chi connectivity index (χ2v) is 11.3. The van der Waals surface area contributed by atoms with Crippen molar-refractivity contribution in [2.45, 2.75) is 111 Å². The molecule has 2 N–H and O–H groups in total. The third kappa shape index (κ3) is 6.40. The van der Waals surface area contributed by atoms with Gasteiger partial charge in [0.05, 0.1) is 35.7 Å². The monoisotopic (exact) mass is 491 g/mol. The van der Waals surface area contributed by atoms with Gasteiger partial charge in [0, 0.05) is 19.3 Å². The molecule has 8 nitrogen and oxygen atoms in total. The molecule has 0 aliphatic carbocycles. The highest BCUT2D eigenvalue weighted by Gasteiger charge is 2.53. The van der Waals surface area contributed by atoms with Crippen LogP contribution in [0.4, 0.5) is 0 Å². The molecule has 4 unspecified atom stereocenters. The molecule has 1 aromatic rings. The number of epoxide rings is 1. The highest BCUT2D eigenvalue weighted by Crippen LogP contribution is 2.45. The Morgan fingerprint density at radius 2 is 1.89 bits per heavy atom. The van der Waals surface area contributed by atoms with Crippen LogP contribution in [0.1, 0.15) is 85.2 Å². The number of rotatable bonds is 2. The summed E-state index contributed by atoms with van der Waals surface area (Å²) in [6, 6.07) is 0. The van der Waals surface area contributed by atoms with E-state index in [2.05, 4.69) is 11.9 Å². The predicted molar refractivity (Wildman–Crippen MR) is 130 cm³/mol. The molecule has 196 valence electrons. The Balaban J connectivity index is 1.85. The van der Waals surface area contributed by atoms with Crippen molar-refractivity contribution in [1.82, 2.24) is 4.98 Å². The molecule has 0 aromatic carbocycles. The van der Waals surface area contributed by atoms with Gasteiger partial charge in [-0.15, -0.1) is 0 Å². The normalized spacial score (nSPS) is 37.5. The Morgan fingerprint density at radius 3 is 2.51 bits per heavy atom. The van der Waals surface area contributed by atoms with Gasteiger partial charge >= 0.3 is 5.97 Å². The predicted octanol–water partition coefficient (Wildman–Crippen LogP) is 4.01. The zero-order chi connectivity index (χ0) is 26.1. The summed E-state index contributed by atoms with van der Waals surface area (Å²) in [5.41, 5.74) is -0.107. The maximum absolute atomic E-state index is 13.2. The molecular formula is C27H41NO7. The molecule has 35 heavy (non-hydrogen) atoms. The van der Waals surface area contributed by atoms with E-state index in [-0.39, 0.29) is 29.8 Å². The Bertz CT molecular complexity index is 951. The molecule has 7 atom stereocenters. The molecule has 2 aliphatic rings. The number of hydrogen-bond donors (Lipinski definition) is 2. The minimum Gasteiger partial charge on any atom is -0.458 e. The molecule has 2 aliphatic heterocycles. The lowest BCUT2D eigenvalue weighted by Crippen LogP contribution is -2.45. The number of Topliss-reactive ketones (excluding diaryl/α,β-unsaturated/α-hetero) is 1. The number of cyclic esters (lactones) is 1. The van der Waals surface area contributed by atoms with Crippen molar-refractivity contribution in [3.8, 4) is 0 Å². The average Bonchev–Trinajstić information content (AvgIpc) is 3.22. The fraction of sp³-hybridized carbons (Fsp3) is 0.741. The van der Waals surface area contributed by atoms with E-state index in [1.807, 2.05) is 19.9 Å². The molecule has 2 fully saturated rings. The second-order valence-electron chi connectivity index (χ2n) is 11.3. The van der Waals surface area contributed by atoms with E-state index < -0.39 is 35.6 Å². The van der Waals surface area contributed by atoms with Gasteiger partial charge in [-0.3, -0.25) is 9.59 Å². The number of carbonyl (C=O) groups excluding carboxylic acids is 2. The summed E-state index contributed by atoms with van der Waals surface area (Å²) in [5, 5.41) is 21.7. The van der Waals surface area contributed by atoms with Gasteiger partial charge in [-0.05, 0) is 44.3 Å². The number of aliphatic hydroxyl groups excluding tert-OH is 2. The zero-order valence-electron chi connectivity index (χ0n) is 22.0. The van der Waals surface area contributed by atoms with E-state index in [1.54, 1.807) is 34.0 Å². The summed E-state index contributed by atoms with van der Waals surface area (Å²) in [6.45, 7) is 12.5. The van der Waals surface area contributed by atoms with E-state index in [0.29, 0.717) is 18.0 Å². The molecular weight excluding hydrogens is 450 g/mol. The minimum absolute atomic E-state index is 0.0716. The van der Waals surface area contributed by atoms with E-state index in [4.69, 9.17) is 13.9 Å². The quantitative estimate of drug-likeness (QED) is 0.470. The number of aromatic nitrogens is 1. The number of hydrogen-bond acceptors (Lipinski definition) is 8. The van der Waals surface area contributed by atoms with Crippen molar-refractivity contribution >= 4 is 17.8 Å². The van der Waals surface area contributed by atoms with Crippen LogP contribution in [0.5, 0.6) is 0 Å². The van der Waals surface area contributed by atoms with Crippen molar-refractivity contribution in [3.05, 3.63) is 23.4 Å². The number of oxazole rings is 1. The molecule has 3 heterocycles. The van der Waals surface area contributed by atoms with E-state index in [1.165, 1.54) is 0 Å². The standard InChI is InChI=1S/C27H41NO7/c1-15-9-8-10-27(7)22(35-27)12-20(16(2)11-19-14-33-18(4)28-19)34-23(30)13-21(29)26(5,6)25(32)17(3)24(15)31/h11,14-15,17,20-22,24,29,31H,8-10,12-13H2,1-7H3/t15?,17-,20?,21+,22?,24+,27?/m1/s1. The van der Waals surface area contributed by atoms with Gasteiger partial charge in [0.25, 0.3) is 0 Å². The van der Waals surface area contributed by atoms with Gasteiger partial charge < -0.3 is 24.1 Å². The number of ketones is 1. The van der Waals surface area contributed by atoms with Crippen LogP contribution in [0.25, 0.3) is 6.08 Å². The Hall–Kier alpha value is -2.03. The largest absolute Gasteiger partial charge is 0.458 e. The molecule has 1 aromatic heterocycles. The highest BCUT2D eigenvalue weighted by atomic mass is 16.6. The van der Waals surface area contributed by atoms with Crippen LogP contribution in [0.3, 0.4) is 0 Å². The molecule has 2 saturated heterocycles. The fourth-order valence-electron chi connectivity index (χ4n) is 5.07. The second kappa shape index (κ2) is 10.5. The molecule has 0 bridgehead atoms. The van der Waals surface area contributed by atoms with Gasteiger partial charge in [0.2, 0.25) is 0 Å². The lowest BCUT2D eigenvalue weighted by molar-refractivity contribution is -0.154. The number of aryl methyl sites for hydroxylation is 1. The van der Waals surface area contributed by atoms with Gasteiger partial charge in [-0.25, -0.2) is 4.98 Å². The summed E-state index contributed by atoms with van der Waals surface area (Å²) < 4.78 is 17.1. The maximum atomic E-state index is 13.2. The summed E-state index contributed by atoms with van der Waals surface area (Å²) in [4.78, 5) is 30.4. The van der Waals surface area contributed by atoms with Crippen molar-refractivity contribution < 1.29 is 33.7 Å². The summed E-state index contributed by atoms with van der Waals surface area (Å²) >= 11 is 0. The molecule has 8 heteroatoms. The third-order valence-electron chi connectivity index (χ3n) is 7.93.